The number of H-pyrrole nitrogens is 1. The number of nitrogens with one attached hydrogen (secondary N) is 2. The maximum atomic E-state index is 14.3. The average Bonchev–Trinajstić information content (AvgIpc) is 3.20. The zero-order valence-electron chi connectivity index (χ0n) is 19.6. The van der Waals surface area contributed by atoms with E-state index in [1.165, 1.54) is 6.07 Å². The van der Waals surface area contributed by atoms with E-state index >= 15 is 0 Å². The highest BCUT2D eigenvalue weighted by molar-refractivity contribution is 6.30. The molecule has 0 saturated carbocycles. The molecule has 3 heterocycles. The van der Waals surface area contributed by atoms with Crippen LogP contribution >= 0.6 is 11.6 Å². The molecule has 2 aromatic heterocycles. The van der Waals surface area contributed by atoms with Crippen LogP contribution in [0.25, 0.3) is 0 Å². The number of anilines is 2. The van der Waals surface area contributed by atoms with E-state index in [1.807, 2.05) is 32.9 Å². The lowest BCUT2D eigenvalue weighted by molar-refractivity contribution is -0.152. The number of halogens is 2. The molecule has 1 aliphatic heterocycles. The molecule has 3 aromatic rings. The molecule has 0 unspecified atom stereocenters. The predicted octanol–water partition coefficient (Wildman–Crippen LogP) is 5.18. The number of piperidine rings is 1. The largest absolute Gasteiger partial charge is 0.481 e. The molecule has 0 atom stereocenters. The monoisotopic (exact) mass is 485 g/mol. The van der Waals surface area contributed by atoms with Gasteiger partial charge in [-0.05, 0) is 70.0 Å². The van der Waals surface area contributed by atoms with Crippen molar-refractivity contribution in [3.05, 3.63) is 69.2 Å². The number of hydrogen-bond donors (Lipinski definition) is 3. The van der Waals surface area contributed by atoms with Crippen molar-refractivity contribution in [2.45, 2.75) is 46.6 Å². The van der Waals surface area contributed by atoms with Gasteiger partial charge in [-0.2, -0.15) is 5.10 Å². The number of aromatic amines is 1. The smallest absolute Gasteiger partial charge is 0.310 e. The molecule has 0 bridgehead atoms. The maximum absolute atomic E-state index is 14.3. The molecule has 1 fully saturated rings. The van der Waals surface area contributed by atoms with Crippen LogP contribution in [0.4, 0.5) is 16.0 Å². The van der Waals surface area contributed by atoms with E-state index < -0.39 is 17.2 Å². The molecule has 0 radical (unpaired) electrons. The Morgan fingerprint density at radius 1 is 1.26 bits per heavy atom. The minimum absolute atomic E-state index is 0.102. The topological polar surface area (TPSA) is 94.1 Å². The maximum Gasteiger partial charge on any atom is 0.310 e. The van der Waals surface area contributed by atoms with Crippen LogP contribution in [0, 0.1) is 32.0 Å². The van der Waals surface area contributed by atoms with Crippen molar-refractivity contribution in [2.75, 3.05) is 18.4 Å². The van der Waals surface area contributed by atoms with Crippen LogP contribution in [0.2, 0.25) is 5.02 Å². The van der Waals surface area contributed by atoms with E-state index in [0.717, 1.165) is 22.5 Å². The molecule has 0 aliphatic carbocycles. The van der Waals surface area contributed by atoms with Crippen molar-refractivity contribution in [2.24, 2.45) is 5.41 Å². The molecule has 4 rings (SSSR count). The van der Waals surface area contributed by atoms with Crippen LogP contribution in [0.5, 0.6) is 0 Å². The van der Waals surface area contributed by atoms with Gasteiger partial charge in [0.15, 0.2) is 5.82 Å². The summed E-state index contributed by atoms with van der Waals surface area (Å²) in [5, 5.41) is 20.6. The summed E-state index contributed by atoms with van der Waals surface area (Å²) in [6.45, 7) is 7.41. The first-order valence-corrected chi connectivity index (χ1v) is 11.7. The number of benzene rings is 1. The Kier molecular flexibility index (Phi) is 6.91. The number of carboxylic acids is 1. The normalized spacial score (nSPS) is 15.9. The van der Waals surface area contributed by atoms with E-state index in [-0.39, 0.29) is 5.02 Å². The average molecular weight is 486 g/mol. The van der Waals surface area contributed by atoms with Gasteiger partial charge in [0, 0.05) is 36.0 Å². The summed E-state index contributed by atoms with van der Waals surface area (Å²) in [5.41, 5.74) is 3.30. The quantitative estimate of drug-likeness (QED) is 0.427. The molecule has 180 valence electrons. The molecule has 0 spiro atoms. The Morgan fingerprint density at radius 3 is 2.65 bits per heavy atom. The van der Waals surface area contributed by atoms with Crippen LogP contribution < -0.4 is 5.32 Å². The van der Waals surface area contributed by atoms with Gasteiger partial charge in [0.25, 0.3) is 0 Å². The van der Waals surface area contributed by atoms with Crippen molar-refractivity contribution in [3.8, 4) is 0 Å². The summed E-state index contributed by atoms with van der Waals surface area (Å²) in [7, 11) is 0. The van der Waals surface area contributed by atoms with E-state index in [0.29, 0.717) is 56.1 Å². The molecular weight excluding hydrogens is 457 g/mol. The van der Waals surface area contributed by atoms with Crippen molar-refractivity contribution in [3.63, 3.8) is 0 Å². The summed E-state index contributed by atoms with van der Waals surface area (Å²) in [6.07, 6.45) is 1.25. The van der Waals surface area contributed by atoms with Crippen molar-refractivity contribution >= 4 is 29.2 Å². The molecule has 1 aromatic carbocycles. The summed E-state index contributed by atoms with van der Waals surface area (Å²) < 4.78 is 14.3. The fourth-order valence-electron chi connectivity index (χ4n) is 4.48. The molecule has 9 heteroatoms. The minimum atomic E-state index is -0.918. The fourth-order valence-corrected chi connectivity index (χ4v) is 4.68. The second-order valence-electron chi connectivity index (χ2n) is 9.22. The number of hydrogen-bond acceptors (Lipinski definition) is 5. The Morgan fingerprint density at radius 2 is 2.00 bits per heavy atom. The van der Waals surface area contributed by atoms with Gasteiger partial charge in [0.1, 0.15) is 11.6 Å². The number of likely N-dealkylation sites (tertiary alicyclic amines) is 1. The zero-order chi connectivity index (χ0) is 24.5. The fraction of sp³-hybridized carbons (Fsp3) is 0.400. The van der Waals surface area contributed by atoms with Gasteiger partial charge in [0.2, 0.25) is 0 Å². The SMILES string of the molecule is Cc1cc(Nc2nc(CC3(C(=O)O)CCN(Cc4cccc(Cl)c4F)CC3)cc(C)c2C)n[nH]1. The number of aliphatic carboxylic acids is 1. The molecule has 0 amide bonds. The lowest BCUT2D eigenvalue weighted by Crippen LogP contribution is -2.45. The van der Waals surface area contributed by atoms with Crippen molar-refractivity contribution < 1.29 is 14.3 Å². The highest BCUT2D eigenvalue weighted by atomic mass is 35.5. The molecule has 34 heavy (non-hydrogen) atoms. The van der Waals surface area contributed by atoms with E-state index in [1.54, 1.807) is 12.1 Å². The Bertz CT molecular complexity index is 1200. The Hall–Kier alpha value is -2.97. The summed E-state index contributed by atoms with van der Waals surface area (Å²) in [4.78, 5) is 19.3. The first-order chi connectivity index (χ1) is 16.2. The minimum Gasteiger partial charge on any atom is -0.481 e. The number of pyridine rings is 1. The number of aromatic nitrogens is 3. The third-order valence-electron chi connectivity index (χ3n) is 6.75. The highest BCUT2D eigenvalue weighted by Gasteiger charge is 2.42. The lowest BCUT2D eigenvalue weighted by Gasteiger charge is -2.39. The van der Waals surface area contributed by atoms with Crippen LogP contribution in [0.3, 0.4) is 0 Å². The Labute approximate surface area is 203 Å². The van der Waals surface area contributed by atoms with Gasteiger partial charge in [0.05, 0.1) is 10.4 Å². The zero-order valence-corrected chi connectivity index (χ0v) is 20.3. The third-order valence-corrected chi connectivity index (χ3v) is 7.04. The van der Waals surface area contributed by atoms with Gasteiger partial charge in [-0.3, -0.25) is 14.8 Å². The number of carboxylic acid groups (broad SMARTS) is 1. The van der Waals surface area contributed by atoms with Crippen molar-refractivity contribution in [1.82, 2.24) is 20.1 Å². The van der Waals surface area contributed by atoms with Crippen molar-refractivity contribution in [1.29, 1.82) is 0 Å². The van der Waals surface area contributed by atoms with Crippen LogP contribution in [-0.4, -0.2) is 44.2 Å². The third kappa shape index (κ3) is 5.08. The van der Waals surface area contributed by atoms with Gasteiger partial charge >= 0.3 is 5.97 Å². The number of aryl methyl sites for hydroxylation is 2. The number of carbonyl (C=O) groups is 1. The van der Waals surface area contributed by atoms with Gasteiger partial charge in [-0.15, -0.1) is 0 Å². The highest BCUT2D eigenvalue weighted by Crippen LogP contribution is 2.37. The number of nitrogens with zero attached hydrogens (tertiary/aromatic N) is 3. The first kappa shape index (κ1) is 24.2. The lowest BCUT2D eigenvalue weighted by atomic mass is 9.74. The van der Waals surface area contributed by atoms with Crippen LogP contribution in [0.15, 0.2) is 30.3 Å². The van der Waals surface area contributed by atoms with Crippen LogP contribution in [0.1, 0.15) is 40.9 Å². The Balaban J connectivity index is 1.50. The van der Waals surface area contributed by atoms with Gasteiger partial charge < -0.3 is 10.4 Å². The molecule has 1 aliphatic rings. The molecule has 1 saturated heterocycles. The first-order valence-electron chi connectivity index (χ1n) is 11.3. The predicted molar refractivity (Wildman–Crippen MR) is 130 cm³/mol. The van der Waals surface area contributed by atoms with Gasteiger partial charge in [-0.1, -0.05) is 23.7 Å². The summed E-state index contributed by atoms with van der Waals surface area (Å²) >= 11 is 5.91. The van der Waals surface area contributed by atoms with E-state index in [2.05, 4.69) is 20.4 Å². The molecule has 7 nitrogen and oxygen atoms in total. The second kappa shape index (κ2) is 9.72. The van der Waals surface area contributed by atoms with E-state index in [9.17, 15) is 14.3 Å². The second-order valence-corrected chi connectivity index (χ2v) is 9.62. The molecule has 3 N–H and O–H groups in total. The summed E-state index contributed by atoms with van der Waals surface area (Å²) in [5.74, 6) is 0.110. The van der Waals surface area contributed by atoms with Gasteiger partial charge in [-0.25, -0.2) is 9.37 Å². The number of rotatable bonds is 7. The standard InChI is InChI=1S/C25H29ClFN5O2/c1-15-11-19(28-23(17(15)3)29-21-12-16(2)30-31-21)13-25(24(33)34)7-9-32(10-8-25)14-18-5-4-6-20(26)22(18)27/h4-6,11-12H,7-10,13-14H2,1-3H3,(H,33,34)(H2,28,29,30,31). The van der Waals surface area contributed by atoms with E-state index in [4.69, 9.17) is 16.6 Å². The summed E-state index contributed by atoms with van der Waals surface area (Å²) in [6, 6.07) is 8.83. The van der Waals surface area contributed by atoms with Crippen LogP contribution in [-0.2, 0) is 17.8 Å². The molecular formula is C25H29ClFN5O2.